The first-order valence-electron chi connectivity index (χ1n) is 11.5. The molecule has 2 aliphatic carbocycles. The smallest absolute Gasteiger partial charge is 1.00 e. The maximum atomic E-state index is 2.66. The van der Waals surface area contributed by atoms with Gasteiger partial charge in [0.1, 0.15) is 0 Å². The SMILES string of the molecule is C[SiH](C)[Zr+2]([C]1=CC=CC1)[c]1cc(C(C)(C)C)cc2c1Cc1ccc(C(C)(C)C)cc1-2.[Cl-].[Cl-]. The fourth-order valence-corrected chi connectivity index (χ4v) is 23.6. The molecule has 0 amide bonds. The van der Waals surface area contributed by atoms with Gasteiger partial charge in [-0.15, -0.1) is 0 Å². The fourth-order valence-electron chi connectivity index (χ4n) is 4.92. The van der Waals surface area contributed by atoms with Gasteiger partial charge in [-0.25, -0.2) is 0 Å². The van der Waals surface area contributed by atoms with Crippen molar-refractivity contribution in [3.05, 3.63) is 74.1 Å². The minimum Gasteiger partial charge on any atom is -1.00 e. The van der Waals surface area contributed by atoms with Gasteiger partial charge in [-0.2, -0.15) is 0 Å². The molecule has 0 nitrogen and oxygen atoms in total. The molecule has 0 saturated carbocycles. The Morgan fingerprint density at radius 1 is 0.812 bits per heavy atom. The van der Waals surface area contributed by atoms with Gasteiger partial charge in [0.15, 0.2) is 0 Å². The van der Waals surface area contributed by atoms with Crippen LogP contribution in [0.3, 0.4) is 0 Å². The molecule has 4 heteroatoms. The summed E-state index contributed by atoms with van der Waals surface area (Å²) in [4.78, 5) is 0. The van der Waals surface area contributed by atoms with Gasteiger partial charge in [-0.3, -0.25) is 0 Å². The van der Waals surface area contributed by atoms with Crippen molar-refractivity contribution in [2.24, 2.45) is 0 Å². The van der Waals surface area contributed by atoms with E-state index in [1.54, 1.807) is 11.1 Å². The Balaban J connectivity index is 0.00000181. The Kier molecular flexibility index (Phi) is 8.76. The van der Waals surface area contributed by atoms with E-state index in [0.717, 1.165) is 6.42 Å². The number of rotatable bonds is 3. The van der Waals surface area contributed by atoms with Crippen LogP contribution in [0.25, 0.3) is 11.1 Å². The first kappa shape index (κ1) is 27.8. The fraction of sp³-hybridized carbons (Fsp3) is 0.429. The van der Waals surface area contributed by atoms with E-state index < -0.39 is 26.8 Å². The normalized spacial score (nSPS) is 14.5. The molecular weight excluding hydrogens is 527 g/mol. The van der Waals surface area contributed by atoms with Crippen molar-refractivity contribution in [2.45, 2.75) is 78.3 Å². The van der Waals surface area contributed by atoms with E-state index >= 15 is 0 Å². The second-order valence-electron chi connectivity index (χ2n) is 11.5. The Morgan fingerprint density at radius 3 is 1.97 bits per heavy atom. The van der Waals surface area contributed by atoms with Crippen LogP contribution in [-0.2, 0) is 38.2 Å². The summed E-state index contributed by atoms with van der Waals surface area (Å²) < 4.78 is 3.66. The molecule has 0 saturated heterocycles. The number of allylic oxidation sites excluding steroid dienone is 4. The van der Waals surface area contributed by atoms with Gasteiger partial charge >= 0.3 is 194 Å². The first-order valence-corrected chi connectivity index (χ1v) is 21.1. The molecule has 4 rings (SSSR count). The maximum absolute atomic E-state index is 2.66. The molecule has 2 aromatic rings. The Bertz CT molecular complexity index is 1050. The molecule has 0 aromatic heterocycles. The van der Waals surface area contributed by atoms with Crippen LogP contribution in [0.1, 0.15) is 70.2 Å². The predicted molar refractivity (Wildman–Crippen MR) is 132 cm³/mol. The van der Waals surface area contributed by atoms with Gasteiger partial charge in [0.25, 0.3) is 0 Å². The topological polar surface area (TPSA) is 0 Å². The van der Waals surface area contributed by atoms with Crippen molar-refractivity contribution in [1.82, 2.24) is 0 Å². The summed E-state index contributed by atoms with van der Waals surface area (Å²) in [5.74, 6) is -0.721. The van der Waals surface area contributed by atoms with E-state index in [0.29, 0.717) is 0 Å². The third-order valence-corrected chi connectivity index (χ3v) is 25.6. The van der Waals surface area contributed by atoms with Crippen LogP contribution >= 0.6 is 0 Å². The van der Waals surface area contributed by atoms with Crippen molar-refractivity contribution < 1.29 is 45.7 Å². The summed E-state index contributed by atoms with van der Waals surface area (Å²) in [5, 5.41) is 0. The number of fused-ring (bicyclic) bond motifs is 3. The molecular formula is C28H37Cl2SiZr. The van der Waals surface area contributed by atoms with E-state index in [1.165, 1.54) is 28.7 Å². The monoisotopic (exact) mass is 561 g/mol. The third kappa shape index (κ3) is 5.30. The Hall–Kier alpha value is -0.400. The van der Waals surface area contributed by atoms with E-state index in [9.17, 15) is 0 Å². The molecule has 0 heterocycles. The summed E-state index contributed by atoms with van der Waals surface area (Å²) in [6, 6.07) is 12.5. The van der Waals surface area contributed by atoms with E-state index in [2.05, 4.69) is 103 Å². The van der Waals surface area contributed by atoms with Crippen molar-refractivity contribution in [2.75, 3.05) is 0 Å². The molecule has 0 N–H and O–H groups in total. The second-order valence-corrected chi connectivity index (χ2v) is 30.7. The number of hydrogen-bond acceptors (Lipinski definition) is 0. The van der Waals surface area contributed by atoms with E-state index in [4.69, 9.17) is 0 Å². The van der Waals surface area contributed by atoms with Crippen molar-refractivity contribution >= 4 is 9.19 Å². The molecule has 0 fully saturated rings. The zero-order valence-corrected chi connectivity index (χ0v) is 26.0. The molecule has 0 atom stereocenters. The van der Waals surface area contributed by atoms with Crippen LogP contribution in [0.5, 0.6) is 0 Å². The van der Waals surface area contributed by atoms with Gasteiger partial charge in [-0.05, 0) is 0 Å². The summed E-state index contributed by atoms with van der Waals surface area (Å²) in [5.41, 5.74) is 9.65. The average molecular weight is 564 g/mol. The Morgan fingerprint density at radius 2 is 1.44 bits per heavy atom. The maximum Gasteiger partial charge on any atom is -1.00 e. The van der Waals surface area contributed by atoms with Crippen LogP contribution in [-0.4, -0.2) is 5.92 Å². The molecule has 0 aliphatic heterocycles. The molecule has 2 aromatic carbocycles. The van der Waals surface area contributed by atoms with Gasteiger partial charge in [0, 0.05) is 0 Å². The predicted octanol–water partition coefficient (Wildman–Crippen LogP) is 0.932. The second kappa shape index (κ2) is 10.1. The van der Waals surface area contributed by atoms with Gasteiger partial charge in [0.2, 0.25) is 0 Å². The molecule has 0 spiro atoms. The quantitative estimate of drug-likeness (QED) is 0.416. The third-order valence-electron chi connectivity index (χ3n) is 6.73. The summed E-state index contributed by atoms with van der Waals surface area (Å²) in [7, 11) is 0. The number of benzene rings is 2. The Labute approximate surface area is 217 Å². The number of hydrogen-bond donors (Lipinski definition) is 0. The van der Waals surface area contributed by atoms with E-state index in [-0.39, 0.29) is 35.6 Å². The minimum atomic E-state index is -1.82. The van der Waals surface area contributed by atoms with E-state index in [1.807, 2.05) is 6.55 Å². The summed E-state index contributed by atoms with van der Waals surface area (Å²) in [6.07, 6.45) is 9.53. The molecule has 0 radical (unpaired) electrons. The van der Waals surface area contributed by atoms with Crippen molar-refractivity contribution in [3.8, 4) is 11.1 Å². The van der Waals surface area contributed by atoms with Crippen LogP contribution in [0.4, 0.5) is 0 Å². The van der Waals surface area contributed by atoms with Crippen LogP contribution in [0.15, 0.2) is 51.8 Å². The van der Waals surface area contributed by atoms with Crippen molar-refractivity contribution in [1.29, 1.82) is 0 Å². The first-order chi connectivity index (χ1) is 14.0. The molecule has 0 unspecified atom stereocenters. The summed E-state index contributed by atoms with van der Waals surface area (Å²) >= 11 is -1.82. The zero-order valence-electron chi connectivity index (χ0n) is 20.9. The largest absolute Gasteiger partial charge is 1.00 e. The molecule has 32 heavy (non-hydrogen) atoms. The van der Waals surface area contributed by atoms with Gasteiger partial charge in [0.05, 0.1) is 0 Å². The summed E-state index contributed by atoms with van der Waals surface area (Å²) in [6.45, 7) is 19.4. The molecule has 171 valence electrons. The average Bonchev–Trinajstić information content (AvgIpc) is 3.27. The van der Waals surface area contributed by atoms with Gasteiger partial charge < -0.3 is 24.8 Å². The molecule has 0 bridgehead atoms. The van der Waals surface area contributed by atoms with Crippen LogP contribution in [0.2, 0.25) is 13.1 Å². The van der Waals surface area contributed by atoms with Crippen LogP contribution < -0.4 is 28.1 Å². The van der Waals surface area contributed by atoms with Crippen LogP contribution in [0, 0.1) is 0 Å². The van der Waals surface area contributed by atoms with Gasteiger partial charge in [-0.1, -0.05) is 0 Å². The standard InChI is InChI=1S/C21H25.C5H5.C2H7Si.2ClH.Zr/c1-20(2,3)16-9-7-14-11-15-8-10-17(21(4,5)6)13-19(15)18(14)12-16;1-2-4-5-3-1;1-3-2;;;/h7,9-10,12-13H,11H2,1-6H3;1-3H,4H2;3H,1-2H3;2*1H;/q;;;;;+2/p-2. The molecule has 2 aliphatic rings. The number of halogens is 2. The van der Waals surface area contributed by atoms with Crippen molar-refractivity contribution in [3.63, 3.8) is 0 Å². The zero-order chi connectivity index (χ0) is 21.8. The minimum absolute atomic E-state index is 0.